The minimum atomic E-state index is 0.161. The Morgan fingerprint density at radius 3 is 2.85 bits per heavy atom. The summed E-state index contributed by atoms with van der Waals surface area (Å²) in [6, 6.07) is 9.46. The van der Waals surface area contributed by atoms with Crippen molar-refractivity contribution in [2.75, 3.05) is 13.7 Å². The summed E-state index contributed by atoms with van der Waals surface area (Å²) in [5.74, 6) is 0.763. The topological polar surface area (TPSA) is 34.1 Å². The van der Waals surface area contributed by atoms with Crippen molar-refractivity contribution in [3.8, 4) is 5.75 Å². The molecule has 0 amide bonds. The molecule has 3 nitrogen and oxygen atoms in total. The summed E-state index contributed by atoms with van der Waals surface area (Å²) in [5.41, 5.74) is 1.05. The fraction of sp³-hybridized carbons (Fsp3) is 0.267. The third kappa shape index (κ3) is 4.37. The number of hydrogen-bond acceptors (Lipinski definition) is 3. The predicted molar refractivity (Wildman–Crippen MR) is 82.7 cm³/mol. The maximum atomic E-state index is 6.11. The molecule has 1 heterocycles. The van der Waals surface area contributed by atoms with Gasteiger partial charge in [0, 0.05) is 23.5 Å². The van der Waals surface area contributed by atoms with Gasteiger partial charge in [0.15, 0.2) is 0 Å². The van der Waals surface area contributed by atoms with Crippen LogP contribution in [0.5, 0.6) is 5.75 Å². The van der Waals surface area contributed by atoms with Gasteiger partial charge in [-0.05, 0) is 43.3 Å². The Morgan fingerprint density at radius 2 is 2.15 bits per heavy atom. The molecule has 1 aromatic carbocycles. The highest BCUT2D eigenvalue weighted by Gasteiger charge is 2.11. The Bertz CT molecular complexity index is 563. The van der Waals surface area contributed by atoms with E-state index in [9.17, 15) is 0 Å². The summed E-state index contributed by atoms with van der Waals surface area (Å²) in [4.78, 5) is 3.98. The van der Waals surface area contributed by atoms with Gasteiger partial charge in [-0.15, -0.1) is 0 Å². The maximum Gasteiger partial charge on any atom is 0.120 e. The molecule has 1 atom stereocenters. The molecule has 1 aromatic heterocycles. The number of rotatable bonds is 6. The van der Waals surface area contributed by atoms with Crippen molar-refractivity contribution in [3.63, 3.8) is 0 Å². The Kier molecular flexibility index (Phi) is 5.65. The highest BCUT2D eigenvalue weighted by Crippen LogP contribution is 2.18. The molecule has 2 aromatic rings. The van der Waals surface area contributed by atoms with Gasteiger partial charge in [-0.2, -0.15) is 0 Å². The van der Waals surface area contributed by atoms with Gasteiger partial charge >= 0.3 is 0 Å². The predicted octanol–water partition coefficient (Wildman–Crippen LogP) is 3.60. The van der Waals surface area contributed by atoms with Crippen LogP contribution in [0.4, 0.5) is 0 Å². The molecular formula is C15H16Cl2N2O. The molecule has 0 saturated carbocycles. The van der Waals surface area contributed by atoms with Gasteiger partial charge in [0.05, 0.1) is 5.02 Å². The second-order valence-electron chi connectivity index (χ2n) is 4.43. The smallest absolute Gasteiger partial charge is 0.120 e. The van der Waals surface area contributed by atoms with E-state index in [0.717, 1.165) is 17.7 Å². The molecule has 0 bridgehead atoms. The van der Waals surface area contributed by atoms with E-state index in [0.29, 0.717) is 16.7 Å². The minimum Gasteiger partial charge on any atom is -0.492 e. The van der Waals surface area contributed by atoms with Gasteiger partial charge < -0.3 is 10.1 Å². The summed E-state index contributed by atoms with van der Waals surface area (Å²) in [5, 5.41) is 4.57. The number of benzene rings is 1. The number of nitrogens with zero attached hydrogens (tertiary/aromatic N) is 1. The second kappa shape index (κ2) is 7.48. The summed E-state index contributed by atoms with van der Waals surface area (Å²) in [6.07, 6.45) is 4.17. The fourth-order valence-corrected chi connectivity index (χ4v) is 2.21. The van der Waals surface area contributed by atoms with E-state index in [1.165, 1.54) is 0 Å². The first-order chi connectivity index (χ1) is 9.69. The highest BCUT2D eigenvalue weighted by atomic mass is 35.5. The van der Waals surface area contributed by atoms with E-state index in [4.69, 9.17) is 27.9 Å². The van der Waals surface area contributed by atoms with Crippen LogP contribution in [0.3, 0.4) is 0 Å². The monoisotopic (exact) mass is 310 g/mol. The summed E-state index contributed by atoms with van der Waals surface area (Å²) < 4.78 is 5.75. The summed E-state index contributed by atoms with van der Waals surface area (Å²) >= 11 is 12.0. The first-order valence-corrected chi connectivity index (χ1v) is 7.08. The molecule has 1 N–H and O–H groups in total. The average Bonchev–Trinajstić information content (AvgIpc) is 2.45. The van der Waals surface area contributed by atoms with Crippen molar-refractivity contribution in [2.45, 2.75) is 12.5 Å². The molecule has 0 radical (unpaired) electrons. The zero-order valence-electron chi connectivity index (χ0n) is 11.1. The van der Waals surface area contributed by atoms with Crippen LogP contribution < -0.4 is 10.1 Å². The number of aromatic nitrogens is 1. The van der Waals surface area contributed by atoms with Crippen LogP contribution in [0.2, 0.25) is 10.0 Å². The number of pyridine rings is 1. The van der Waals surface area contributed by atoms with Gasteiger partial charge in [-0.1, -0.05) is 29.3 Å². The third-order valence-electron chi connectivity index (χ3n) is 2.98. The van der Waals surface area contributed by atoms with Crippen LogP contribution in [0.15, 0.2) is 42.7 Å². The number of hydrogen-bond donors (Lipinski definition) is 1. The number of ether oxygens (including phenoxy) is 1. The maximum absolute atomic E-state index is 6.11. The Hall–Kier alpha value is -1.29. The van der Waals surface area contributed by atoms with Crippen molar-refractivity contribution in [1.29, 1.82) is 0 Å². The lowest BCUT2D eigenvalue weighted by Crippen LogP contribution is -2.33. The first-order valence-electron chi connectivity index (χ1n) is 6.33. The minimum absolute atomic E-state index is 0.161. The van der Waals surface area contributed by atoms with Crippen molar-refractivity contribution < 1.29 is 4.74 Å². The third-order valence-corrected chi connectivity index (χ3v) is 3.55. The Balaban J connectivity index is 1.94. The molecule has 5 heteroatoms. The molecule has 106 valence electrons. The van der Waals surface area contributed by atoms with E-state index < -0.39 is 0 Å². The second-order valence-corrected chi connectivity index (χ2v) is 5.27. The van der Waals surface area contributed by atoms with Gasteiger partial charge in [-0.3, -0.25) is 4.98 Å². The first kappa shape index (κ1) is 15.1. The van der Waals surface area contributed by atoms with Crippen LogP contribution in [0, 0.1) is 0 Å². The molecule has 1 unspecified atom stereocenters. The van der Waals surface area contributed by atoms with E-state index in [1.54, 1.807) is 18.5 Å². The van der Waals surface area contributed by atoms with Crippen molar-refractivity contribution in [3.05, 3.63) is 58.3 Å². The highest BCUT2D eigenvalue weighted by molar-refractivity contribution is 6.31. The SMILES string of the molecule is CNC(COc1cccc(Cl)c1)Cc1ccncc1Cl. The van der Waals surface area contributed by atoms with Crippen LogP contribution in [-0.2, 0) is 6.42 Å². The molecule has 0 aliphatic carbocycles. The van der Waals surface area contributed by atoms with E-state index in [-0.39, 0.29) is 6.04 Å². The van der Waals surface area contributed by atoms with Crippen LogP contribution in [0.1, 0.15) is 5.56 Å². The molecule has 20 heavy (non-hydrogen) atoms. The lowest BCUT2D eigenvalue weighted by molar-refractivity contribution is 0.270. The molecule has 0 spiro atoms. The zero-order chi connectivity index (χ0) is 14.4. The Labute approximate surface area is 128 Å². The van der Waals surface area contributed by atoms with Crippen LogP contribution in [0.25, 0.3) is 0 Å². The lowest BCUT2D eigenvalue weighted by atomic mass is 10.1. The standard InChI is InChI=1S/C15H16Cl2N2O/c1-18-13(7-11-5-6-19-9-15(11)17)10-20-14-4-2-3-12(16)8-14/h2-6,8-9,13,18H,7,10H2,1H3. The molecule has 2 rings (SSSR count). The van der Waals surface area contributed by atoms with Crippen molar-refractivity contribution >= 4 is 23.2 Å². The normalized spacial score (nSPS) is 12.2. The Morgan fingerprint density at radius 1 is 1.30 bits per heavy atom. The van der Waals surface area contributed by atoms with Crippen molar-refractivity contribution in [2.24, 2.45) is 0 Å². The van der Waals surface area contributed by atoms with Gasteiger partial charge in [-0.25, -0.2) is 0 Å². The van der Waals surface area contributed by atoms with Gasteiger partial charge in [0.1, 0.15) is 12.4 Å². The zero-order valence-corrected chi connectivity index (χ0v) is 12.7. The number of likely N-dealkylation sites (N-methyl/N-ethyl adjacent to an activating group) is 1. The molecule has 0 aliphatic rings. The van der Waals surface area contributed by atoms with Crippen molar-refractivity contribution in [1.82, 2.24) is 10.3 Å². The van der Waals surface area contributed by atoms with E-state index >= 15 is 0 Å². The van der Waals surface area contributed by atoms with Crippen LogP contribution >= 0.6 is 23.2 Å². The van der Waals surface area contributed by atoms with Gasteiger partial charge in [0.25, 0.3) is 0 Å². The molecule has 0 aliphatic heterocycles. The average molecular weight is 311 g/mol. The fourth-order valence-electron chi connectivity index (χ4n) is 1.83. The van der Waals surface area contributed by atoms with Gasteiger partial charge in [0.2, 0.25) is 0 Å². The lowest BCUT2D eigenvalue weighted by Gasteiger charge is -2.17. The molecule has 0 saturated heterocycles. The number of halogens is 2. The van der Waals surface area contributed by atoms with Crippen LogP contribution in [-0.4, -0.2) is 24.7 Å². The summed E-state index contributed by atoms with van der Waals surface area (Å²) in [7, 11) is 1.90. The van der Waals surface area contributed by atoms with E-state index in [1.807, 2.05) is 31.3 Å². The van der Waals surface area contributed by atoms with E-state index in [2.05, 4.69) is 10.3 Å². The summed E-state index contributed by atoms with van der Waals surface area (Å²) in [6.45, 7) is 0.537. The largest absolute Gasteiger partial charge is 0.492 e. The number of nitrogens with one attached hydrogen (secondary N) is 1. The quantitative estimate of drug-likeness (QED) is 0.885. The molecule has 0 fully saturated rings. The molecular weight excluding hydrogens is 295 g/mol.